The largest absolute Gasteiger partial charge is 0.353 e. The van der Waals surface area contributed by atoms with Gasteiger partial charge in [0.05, 0.1) is 33.7 Å². The van der Waals surface area contributed by atoms with Gasteiger partial charge in [-0.25, -0.2) is 0 Å². The van der Waals surface area contributed by atoms with E-state index in [9.17, 15) is 4.79 Å². The minimum absolute atomic E-state index is 0.101. The lowest BCUT2D eigenvalue weighted by Gasteiger charge is -2.20. The molecule has 0 unspecified atom stereocenters. The second-order valence-corrected chi connectivity index (χ2v) is 10.8. The highest BCUT2D eigenvalue weighted by molar-refractivity contribution is 7.13. The van der Waals surface area contributed by atoms with Crippen molar-refractivity contribution in [1.82, 2.24) is 25.1 Å². The molecular formula is C30H26N6OS. The van der Waals surface area contributed by atoms with Gasteiger partial charge in [-0.15, -0.1) is 11.3 Å². The van der Waals surface area contributed by atoms with Crippen molar-refractivity contribution in [2.75, 3.05) is 5.32 Å². The molecule has 7 nitrogen and oxygen atoms in total. The molecule has 1 fully saturated rings. The van der Waals surface area contributed by atoms with Crippen molar-refractivity contribution in [3.8, 4) is 33.1 Å². The maximum absolute atomic E-state index is 12.8. The number of pyridine rings is 2. The molecule has 0 atom stereocenters. The topological polar surface area (TPSA) is 99.3 Å². The van der Waals surface area contributed by atoms with E-state index in [1.165, 1.54) is 6.42 Å². The molecule has 0 bridgehead atoms. The van der Waals surface area contributed by atoms with Gasteiger partial charge in [0.2, 0.25) is 5.91 Å². The van der Waals surface area contributed by atoms with E-state index >= 15 is 0 Å². The molecule has 5 aromatic heterocycles. The van der Waals surface area contributed by atoms with Crippen molar-refractivity contribution in [2.24, 2.45) is 5.92 Å². The number of carbonyl (C=O) groups excluding carboxylic acids is 1. The van der Waals surface area contributed by atoms with E-state index < -0.39 is 0 Å². The Morgan fingerprint density at radius 1 is 0.921 bits per heavy atom. The molecule has 5 heterocycles. The summed E-state index contributed by atoms with van der Waals surface area (Å²) >= 11 is 1.68. The van der Waals surface area contributed by atoms with E-state index in [0.717, 1.165) is 86.3 Å². The first-order valence-corrected chi connectivity index (χ1v) is 13.9. The van der Waals surface area contributed by atoms with Crippen LogP contribution in [0.1, 0.15) is 32.1 Å². The predicted octanol–water partition coefficient (Wildman–Crippen LogP) is 7.42. The fourth-order valence-corrected chi connectivity index (χ4v) is 6.20. The normalized spacial score (nSPS) is 14.3. The molecule has 0 radical (unpaired) electrons. The highest BCUT2D eigenvalue weighted by Gasteiger charge is 2.21. The van der Waals surface area contributed by atoms with E-state index in [1.807, 2.05) is 36.7 Å². The number of anilines is 1. The minimum atomic E-state index is 0.101. The van der Waals surface area contributed by atoms with Gasteiger partial charge in [0, 0.05) is 40.2 Å². The van der Waals surface area contributed by atoms with Gasteiger partial charge < -0.3 is 10.3 Å². The van der Waals surface area contributed by atoms with Gasteiger partial charge >= 0.3 is 0 Å². The van der Waals surface area contributed by atoms with E-state index in [-0.39, 0.29) is 11.8 Å². The van der Waals surface area contributed by atoms with Gasteiger partial charge in [0.15, 0.2) is 0 Å². The van der Waals surface area contributed by atoms with Crippen LogP contribution in [0, 0.1) is 5.92 Å². The molecule has 3 N–H and O–H groups in total. The number of carbonyl (C=O) groups is 1. The summed E-state index contributed by atoms with van der Waals surface area (Å²) in [5.74, 6) is 0.204. The van der Waals surface area contributed by atoms with Crippen LogP contribution < -0.4 is 5.32 Å². The van der Waals surface area contributed by atoms with Crippen molar-refractivity contribution in [2.45, 2.75) is 32.1 Å². The summed E-state index contributed by atoms with van der Waals surface area (Å²) in [5.41, 5.74) is 7.42. The molecular weight excluding hydrogens is 492 g/mol. The lowest BCUT2D eigenvalue weighted by Crippen LogP contribution is -2.24. The quantitative estimate of drug-likeness (QED) is 0.221. The Kier molecular flexibility index (Phi) is 5.74. The van der Waals surface area contributed by atoms with E-state index in [1.54, 1.807) is 17.5 Å². The summed E-state index contributed by atoms with van der Waals surface area (Å²) in [6.07, 6.45) is 10.8. The zero-order valence-corrected chi connectivity index (χ0v) is 21.5. The van der Waals surface area contributed by atoms with Crippen LogP contribution in [0.2, 0.25) is 0 Å². The van der Waals surface area contributed by atoms with Crippen molar-refractivity contribution < 1.29 is 4.79 Å². The van der Waals surface area contributed by atoms with Gasteiger partial charge in [0.1, 0.15) is 5.69 Å². The fourth-order valence-electron chi connectivity index (χ4n) is 5.47. The number of fused-ring (bicyclic) bond motifs is 2. The van der Waals surface area contributed by atoms with Crippen LogP contribution in [0.4, 0.5) is 5.69 Å². The molecule has 1 amide bonds. The fraction of sp³-hybridized carbons (Fsp3) is 0.200. The molecule has 0 aliphatic heterocycles. The first-order chi connectivity index (χ1) is 18.7. The SMILES string of the molecule is O=C(Nc1cncc(-c2ccc3[nH]nc(-c4cc5c(-c6cccs6)nccc5[nH]4)c3c2)c1)C1CCCCC1. The summed E-state index contributed by atoms with van der Waals surface area (Å²) in [4.78, 5) is 26.5. The zero-order chi connectivity index (χ0) is 25.5. The Balaban J connectivity index is 1.23. The van der Waals surface area contributed by atoms with E-state index in [4.69, 9.17) is 0 Å². The first kappa shape index (κ1) is 22.9. The summed E-state index contributed by atoms with van der Waals surface area (Å²) in [6, 6.07) is 16.5. The first-order valence-electron chi connectivity index (χ1n) is 13.0. The smallest absolute Gasteiger partial charge is 0.227 e. The van der Waals surface area contributed by atoms with Crippen LogP contribution in [0.25, 0.3) is 54.9 Å². The average molecular weight is 519 g/mol. The molecule has 8 heteroatoms. The summed E-state index contributed by atoms with van der Waals surface area (Å²) in [6.45, 7) is 0. The molecule has 1 saturated carbocycles. The number of aromatic nitrogens is 5. The van der Waals surface area contributed by atoms with Crippen molar-refractivity contribution in [1.29, 1.82) is 0 Å². The van der Waals surface area contributed by atoms with Crippen LogP contribution in [0.15, 0.2) is 72.5 Å². The number of nitrogens with zero attached hydrogens (tertiary/aromatic N) is 3. The summed E-state index contributed by atoms with van der Waals surface area (Å²) in [5, 5.41) is 15.1. The predicted molar refractivity (Wildman–Crippen MR) is 153 cm³/mol. The standard InChI is InChI=1S/C30H26N6OS/c37-30(18-5-2-1-3-6-18)33-21-13-20(16-31-17-21)19-8-9-25-22(14-19)28(36-35-25)26-15-23-24(34-26)10-11-32-29(23)27-7-4-12-38-27/h4,7-18,34H,1-3,5-6H2,(H,33,37)(H,35,36). The zero-order valence-electron chi connectivity index (χ0n) is 20.7. The van der Waals surface area contributed by atoms with Crippen LogP contribution in [-0.4, -0.2) is 31.1 Å². The van der Waals surface area contributed by atoms with E-state index in [0.29, 0.717) is 0 Å². The van der Waals surface area contributed by atoms with Gasteiger partial charge in [-0.3, -0.25) is 19.9 Å². The summed E-state index contributed by atoms with van der Waals surface area (Å²) in [7, 11) is 0. The Bertz CT molecular complexity index is 1760. The Morgan fingerprint density at radius 3 is 2.68 bits per heavy atom. The van der Waals surface area contributed by atoms with Gasteiger partial charge in [-0.05, 0) is 60.2 Å². The average Bonchev–Trinajstić information content (AvgIpc) is 3.73. The van der Waals surface area contributed by atoms with Crippen molar-refractivity contribution in [3.63, 3.8) is 0 Å². The second kappa shape index (κ2) is 9.54. The molecule has 188 valence electrons. The van der Waals surface area contributed by atoms with Gasteiger partial charge in [-0.1, -0.05) is 31.4 Å². The highest BCUT2D eigenvalue weighted by atomic mass is 32.1. The van der Waals surface area contributed by atoms with Crippen LogP contribution >= 0.6 is 11.3 Å². The Hall–Kier alpha value is -4.30. The molecule has 7 rings (SSSR count). The number of rotatable bonds is 5. The lowest BCUT2D eigenvalue weighted by molar-refractivity contribution is -0.120. The number of H-pyrrole nitrogens is 2. The third-order valence-corrected chi connectivity index (χ3v) is 8.31. The van der Waals surface area contributed by atoms with Crippen LogP contribution in [0.5, 0.6) is 0 Å². The molecule has 1 aliphatic carbocycles. The van der Waals surface area contributed by atoms with Crippen molar-refractivity contribution >= 4 is 44.7 Å². The van der Waals surface area contributed by atoms with Crippen molar-refractivity contribution in [3.05, 3.63) is 72.5 Å². The van der Waals surface area contributed by atoms with Gasteiger partial charge in [-0.2, -0.15) is 5.10 Å². The maximum Gasteiger partial charge on any atom is 0.227 e. The molecule has 38 heavy (non-hydrogen) atoms. The molecule has 0 spiro atoms. The molecule has 6 aromatic rings. The van der Waals surface area contributed by atoms with Crippen LogP contribution in [-0.2, 0) is 4.79 Å². The third-order valence-electron chi connectivity index (χ3n) is 7.44. The number of aromatic amines is 2. The number of thiophene rings is 1. The van der Waals surface area contributed by atoms with E-state index in [2.05, 4.69) is 60.1 Å². The number of nitrogens with one attached hydrogen (secondary N) is 3. The Morgan fingerprint density at radius 2 is 1.82 bits per heavy atom. The minimum Gasteiger partial charge on any atom is -0.353 e. The molecule has 1 aliphatic rings. The Labute approximate surface area is 223 Å². The van der Waals surface area contributed by atoms with Gasteiger partial charge in [0.25, 0.3) is 0 Å². The lowest BCUT2D eigenvalue weighted by atomic mass is 9.88. The molecule has 0 saturated heterocycles. The summed E-state index contributed by atoms with van der Waals surface area (Å²) < 4.78 is 0. The maximum atomic E-state index is 12.8. The second-order valence-electron chi connectivity index (χ2n) is 9.90. The molecule has 1 aromatic carbocycles. The monoisotopic (exact) mass is 518 g/mol. The third kappa shape index (κ3) is 4.16. The number of amides is 1. The number of benzene rings is 1. The highest BCUT2D eigenvalue weighted by Crippen LogP contribution is 2.35. The van der Waals surface area contributed by atoms with Crippen LogP contribution in [0.3, 0.4) is 0 Å². The number of hydrogen-bond donors (Lipinski definition) is 3. The number of hydrogen-bond acceptors (Lipinski definition) is 5.